The van der Waals surface area contributed by atoms with Crippen LogP contribution in [0.15, 0.2) is 36.4 Å². The zero-order valence-corrected chi connectivity index (χ0v) is 17.2. The van der Waals surface area contributed by atoms with Gasteiger partial charge in [-0.15, -0.1) is 0 Å². The third-order valence-electron chi connectivity index (χ3n) is 4.48. The molecule has 0 aliphatic carbocycles. The lowest BCUT2D eigenvalue weighted by Gasteiger charge is -2.13. The van der Waals surface area contributed by atoms with Crippen molar-refractivity contribution in [3.05, 3.63) is 59.3 Å². The van der Waals surface area contributed by atoms with Crippen LogP contribution in [-0.2, 0) is 6.42 Å². The first-order valence-electron chi connectivity index (χ1n) is 9.39. The van der Waals surface area contributed by atoms with E-state index in [1.807, 2.05) is 13.8 Å². The summed E-state index contributed by atoms with van der Waals surface area (Å²) in [7, 11) is 3.07. The molecule has 0 spiro atoms. The number of H-pyrrole nitrogens is 1. The monoisotopic (exact) mass is 415 g/mol. The number of hydrogen-bond donors (Lipinski definition) is 2. The fraction of sp³-hybridized carbons (Fsp3) is 0.273. The topological polar surface area (TPSA) is 76.2 Å². The molecule has 3 rings (SSSR count). The van der Waals surface area contributed by atoms with Crippen molar-refractivity contribution in [3.8, 4) is 22.8 Å². The maximum absolute atomic E-state index is 13.6. The Bertz CT molecular complexity index is 1040. The van der Waals surface area contributed by atoms with Gasteiger partial charge in [-0.2, -0.15) is 5.10 Å². The summed E-state index contributed by atoms with van der Waals surface area (Å²) in [4.78, 5) is 12.8. The molecule has 0 aliphatic heterocycles. The van der Waals surface area contributed by atoms with Gasteiger partial charge in [0.15, 0.2) is 0 Å². The van der Waals surface area contributed by atoms with Gasteiger partial charge in [-0.3, -0.25) is 9.89 Å². The number of aromatic nitrogens is 2. The molecule has 2 N–H and O–H groups in total. The van der Waals surface area contributed by atoms with Crippen molar-refractivity contribution in [2.24, 2.45) is 5.92 Å². The molecular weight excluding hydrogens is 392 g/mol. The van der Waals surface area contributed by atoms with E-state index in [0.29, 0.717) is 46.6 Å². The number of nitrogens with one attached hydrogen (secondary N) is 2. The molecule has 1 aromatic heterocycles. The van der Waals surface area contributed by atoms with Crippen LogP contribution < -0.4 is 14.8 Å². The van der Waals surface area contributed by atoms with E-state index in [4.69, 9.17) is 9.47 Å². The summed E-state index contributed by atoms with van der Waals surface area (Å²) in [6.45, 7) is 4.06. The number of rotatable bonds is 7. The smallest absolute Gasteiger partial charge is 0.255 e. The number of halogens is 2. The molecule has 6 nitrogen and oxygen atoms in total. The van der Waals surface area contributed by atoms with Crippen LogP contribution in [0.1, 0.15) is 29.9 Å². The molecule has 0 aliphatic rings. The van der Waals surface area contributed by atoms with Crippen molar-refractivity contribution < 1.29 is 23.0 Å². The highest BCUT2D eigenvalue weighted by Crippen LogP contribution is 2.38. The highest BCUT2D eigenvalue weighted by molar-refractivity contribution is 6.06. The summed E-state index contributed by atoms with van der Waals surface area (Å²) in [5.74, 6) is -0.913. The molecule has 0 saturated carbocycles. The maximum atomic E-state index is 13.6. The first kappa shape index (κ1) is 21.3. The van der Waals surface area contributed by atoms with E-state index in [0.717, 1.165) is 12.1 Å². The number of nitrogens with zero attached hydrogens (tertiary/aromatic N) is 1. The van der Waals surface area contributed by atoms with Crippen LogP contribution in [0.2, 0.25) is 0 Å². The van der Waals surface area contributed by atoms with Crippen LogP contribution in [0, 0.1) is 17.6 Å². The minimum absolute atomic E-state index is 0.128. The van der Waals surface area contributed by atoms with Gasteiger partial charge in [0, 0.05) is 23.3 Å². The van der Waals surface area contributed by atoms with E-state index in [2.05, 4.69) is 15.5 Å². The molecule has 158 valence electrons. The quantitative estimate of drug-likeness (QED) is 0.580. The Kier molecular flexibility index (Phi) is 6.34. The Balaban J connectivity index is 2.06. The lowest BCUT2D eigenvalue weighted by atomic mass is 10.0. The SMILES string of the molecule is COc1ccc(-c2n[nH]c(CC(C)C)c2NC(=O)c2cc(F)cc(F)c2)c(OC)c1. The van der Waals surface area contributed by atoms with Crippen molar-refractivity contribution in [1.29, 1.82) is 0 Å². The van der Waals surface area contributed by atoms with Gasteiger partial charge in [0.2, 0.25) is 0 Å². The summed E-state index contributed by atoms with van der Waals surface area (Å²) in [5.41, 5.74) is 2.09. The molecule has 8 heteroatoms. The number of carbonyl (C=O) groups excluding carboxylic acids is 1. The number of aromatic amines is 1. The number of carbonyl (C=O) groups is 1. The van der Waals surface area contributed by atoms with E-state index in [9.17, 15) is 13.6 Å². The fourth-order valence-electron chi connectivity index (χ4n) is 3.13. The van der Waals surface area contributed by atoms with Crippen molar-refractivity contribution in [2.45, 2.75) is 20.3 Å². The summed E-state index contributed by atoms with van der Waals surface area (Å²) < 4.78 is 37.8. The highest BCUT2D eigenvalue weighted by atomic mass is 19.1. The Labute approximate surface area is 173 Å². The number of amides is 1. The average Bonchev–Trinajstić information content (AvgIpc) is 3.07. The summed E-state index contributed by atoms with van der Waals surface area (Å²) in [6.07, 6.45) is 0.610. The van der Waals surface area contributed by atoms with Crippen LogP contribution in [0.4, 0.5) is 14.5 Å². The summed E-state index contributed by atoms with van der Waals surface area (Å²) in [5, 5.41) is 10.1. The summed E-state index contributed by atoms with van der Waals surface area (Å²) >= 11 is 0. The van der Waals surface area contributed by atoms with Crippen molar-refractivity contribution >= 4 is 11.6 Å². The first-order chi connectivity index (χ1) is 14.3. The number of anilines is 1. The average molecular weight is 415 g/mol. The van der Waals surface area contributed by atoms with E-state index < -0.39 is 17.5 Å². The molecule has 0 radical (unpaired) electrons. The second kappa shape index (κ2) is 8.94. The van der Waals surface area contributed by atoms with Gasteiger partial charge >= 0.3 is 0 Å². The van der Waals surface area contributed by atoms with Crippen LogP contribution in [-0.4, -0.2) is 30.3 Å². The van der Waals surface area contributed by atoms with Gasteiger partial charge in [-0.25, -0.2) is 8.78 Å². The van der Waals surface area contributed by atoms with Crippen LogP contribution in [0.3, 0.4) is 0 Å². The van der Waals surface area contributed by atoms with E-state index in [-0.39, 0.29) is 11.5 Å². The molecule has 2 aromatic carbocycles. The van der Waals surface area contributed by atoms with E-state index in [1.54, 1.807) is 25.3 Å². The molecular formula is C22H23F2N3O3. The third-order valence-corrected chi connectivity index (χ3v) is 4.48. The first-order valence-corrected chi connectivity index (χ1v) is 9.39. The van der Waals surface area contributed by atoms with E-state index in [1.165, 1.54) is 7.11 Å². The molecule has 3 aromatic rings. The van der Waals surface area contributed by atoms with Crippen molar-refractivity contribution in [1.82, 2.24) is 10.2 Å². The Morgan fingerprint density at radius 3 is 2.40 bits per heavy atom. The normalized spacial score (nSPS) is 10.9. The molecule has 1 heterocycles. The molecule has 0 atom stereocenters. The Hall–Kier alpha value is -3.42. The summed E-state index contributed by atoms with van der Waals surface area (Å²) in [6, 6.07) is 7.90. The molecule has 1 amide bonds. The lowest BCUT2D eigenvalue weighted by molar-refractivity contribution is 0.102. The number of ether oxygens (including phenoxy) is 2. The van der Waals surface area contributed by atoms with Crippen LogP contribution in [0.25, 0.3) is 11.3 Å². The molecule has 0 bridgehead atoms. The Morgan fingerprint density at radius 2 is 1.80 bits per heavy atom. The molecule has 0 unspecified atom stereocenters. The second-order valence-corrected chi connectivity index (χ2v) is 7.20. The zero-order valence-electron chi connectivity index (χ0n) is 17.2. The van der Waals surface area contributed by atoms with Crippen molar-refractivity contribution in [3.63, 3.8) is 0 Å². The third kappa shape index (κ3) is 4.59. The van der Waals surface area contributed by atoms with Gasteiger partial charge < -0.3 is 14.8 Å². The van der Waals surface area contributed by atoms with Crippen molar-refractivity contribution in [2.75, 3.05) is 19.5 Å². The zero-order chi connectivity index (χ0) is 21.8. The fourth-order valence-corrected chi connectivity index (χ4v) is 3.13. The van der Waals surface area contributed by atoms with Gasteiger partial charge in [-0.1, -0.05) is 13.8 Å². The minimum Gasteiger partial charge on any atom is -0.497 e. The van der Waals surface area contributed by atoms with Gasteiger partial charge in [-0.05, 0) is 36.6 Å². The predicted octanol–water partition coefficient (Wildman–Crippen LogP) is 4.82. The largest absolute Gasteiger partial charge is 0.497 e. The minimum atomic E-state index is -0.827. The predicted molar refractivity (Wildman–Crippen MR) is 110 cm³/mol. The lowest BCUT2D eigenvalue weighted by Crippen LogP contribution is -2.14. The van der Waals surface area contributed by atoms with Crippen LogP contribution >= 0.6 is 0 Å². The standard InChI is InChI=1S/C22H23F2N3O3/c1-12(2)7-18-21(25-22(28)13-8-14(23)10-15(24)9-13)20(27-26-18)17-6-5-16(29-3)11-19(17)30-4/h5-6,8-12H,7H2,1-4H3,(H,25,28)(H,26,27). The van der Waals surface area contributed by atoms with Gasteiger partial charge in [0.1, 0.15) is 28.8 Å². The van der Waals surface area contributed by atoms with Gasteiger partial charge in [0.25, 0.3) is 5.91 Å². The van der Waals surface area contributed by atoms with Crippen LogP contribution in [0.5, 0.6) is 11.5 Å². The maximum Gasteiger partial charge on any atom is 0.255 e. The molecule has 0 saturated heterocycles. The van der Waals surface area contributed by atoms with Gasteiger partial charge in [0.05, 0.1) is 25.6 Å². The number of hydrogen-bond acceptors (Lipinski definition) is 4. The molecule has 30 heavy (non-hydrogen) atoms. The second-order valence-electron chi connectivity index (χ2n) is 7.20. The Morgan fingerprint density at radius 1 is 1.10 bits per heavy atom. The highest BCUT2D eigenvalue weighted by Gasteiger charge is 2.22. The number of benzene rings is 2. The number of methoxy groups -OCH3 is 2. The molecule has 0 fully saturated rings. The van der Waals surface area contributed by atoms with E-state index >= 15 is 0 Å².